The molecule has 1 aliphatic heterocycles. The first kappa shape index (κ1) is 18.8. The number of amides is 2. The normalized spacial score (nSPS) is 16.8. The number of hydrogen-bond acceptors (Lipinski definition) is 4. The van der Waals surface area contributed by atoms with E-state index in [1.54, 1.807) is 17.0 Å². The number of benzene rings is 1. The number of nitrogens with one attached hydrogen (secondary N) is 1. The highest BCUT2D eigenvalue weighted by atomic mass is 16.5. The topological polar surface area (TPSA) is 95.9 Å². The van der Waals surface area contributed by atoms with Crippen LogP contribution in [0.4, 0.5) is 0 Å². The minimum absolute atomic E-state index is 0.0343. The molecule has 1 saturated heterocycles. The Hall–Kier alpha value is -2.57. The van der Waals surface area contributed by atoms with E-state index in [9.17, 15) is 14.4 Å². The third kappa shape index (κ3) is 5.77. The van der Waals surface area contributed by atoms with Crippen LogP contribution in [-0.2, 0) is 20.9 Å². The highest BCUT2D eigenvalue weighted by Crippen LogP contribution is 2.18. The summed E-state index contributed by atoms with van der Waals surface area (Å²) < 4.78 is 5.46. The van der Waals surface area contributed by atoms with Crippen molar-refractivity contribution in [2.75, 3.05) is 19.7 Å². The number of ether oxygens (including phenoxy) is 1. The number of carbonyl (C=O) groups excluding carboxylic acids is 2. The van der Waals surface area contributed by atoms with E-state index in [0.717, 1.165) is 5.56 Å². The van der Waals surface area contributed by atoms with Crippen molar-refractivity contribution in [1.29, 1.82) is 0 Å². The number of rotatable bonds is 9. The van der Waals surface area contributed by atoms with Crippen LogP contribution in [0.2, 0.25) is 0 Å². The van der Waals surface area contributed by atoms with Crippen LogP contribution < -0.4 is 10.1 Å². The second-order valence-corrected chi connectivity index (χ2v) is 6.04. The first-order valence-electron chi connectivity index (χ1n) is 8.48. The van der Waals surface area contributed by atoms with E-state index >= 15 is 0 Å². The van der Waals surface area contributed by atoms with Crippen molar-refractivity contribution in [3.8, 4) is 5.75 Å². The lowest BCUT2D eigenvalue weighted by molar-refractivity contribution is -0.137. The van der Waals surface area contributed by atoms with E-state index in [4.69, 9.17) is 9.84 Å². The van der Waals surface area contributed by atoms with E-state index in [0.29, 0.717) is 38.4 Å². The van der Waals surface area contributed by atoms with Crippen LogP contribution in [0, 0.1) is 5.92 Å². The lowest BCUT2D eigenvalue weighted by Crippen LogP contribution is -2.32. The summed E-state index contributed by atoms with van der Waals surface area (Å²) in [6.45, 7) is 3.78. The zero-order valence-corrected chi connectivity index (χ0v) is 14.4. The third-order valence-corrected chi connectivity index (χ3v) is 4.16. The first-order valence-corrected chi connectivity index (χ1v) is 8.48. The number of carboxylic acids is 1. The standard InChI is InChI=1S/C18H24N2O5/c1-2-20-12-14(10-16(20)21)18(24)19-11-13-5-7-15(8-6-13)25-9-3-4-17(22)23/h5-8,14H,2-4,9-12H2,1H3,(H,19,24)(H,22,23)/t14-/m1/s1. The van der Waals surface area contributed by atoms with Gasteiger partial charge in [-0.05, 0) is 31.0 Å². The number of carbonyl (C=O) groups is 3. The fourth-order valence-corrected chi connectivity index (χ4v) is 2.70. The average molecular weight is 348 g/mol. The fraction of sp³-hybridized carbons (Fsp3) is 0.500. The summed E-state index contributed by atoms with van der Waals surface area (Å²) in [5.74, 6) is -0.504. The molecule has 1 atom stereocenters. The largest absolute Gasteiger partial charge is 0.494 e. The van der Waals surface area contributed by atoms with Gasteiger partial charge < -0.3 is 20.1 Å². The van der Waals surface area contributed by atoms with Crippen molar-refractivity contribution in [3.05, 3.63) is 29.8 Å². The summed E-state index contributed by atoms with van der Waals surface area (Å²) in [5, 5.41) is 11.4. The number of hydrogen-bond donors (Lipinski definition) is 2. The molecule has 0 saturated carbocycles. The van der Waals surface area contributed by atoms with Crippen molar-refractivity contribution < 1.29 is 24.2 Å². The molecule has 1 fully saturated rings. The van der Waals surface area contributed by atoms with Gasteiger partial charge in [-0.15, -0.1) is 0 Å². The summed E-state index contributed by atoms with van der Waals surface area (Å²) in [6, 6.07) is 7.29. The maximum Gasteiger partial charge on any atom is 0.303 e. The smallest absolute Gasteiger partial charge is 0.303 e. The maximum atomic E-state index is 12.2. The van der Waals surface area contributed by atoms with Crippen LogP contribution in [0.15, 0.2) is 24.3 Å². The van der Waals surface area contributed by atoms with Gasteiger partial charge in [0.15, 0.2) is 0 Å². The molecule has 0 spiro atoms. The van der Waals surface area contributed by atoms with Gasteiger partial charge in [-0.25, -0.2) is 0 Å². The van der Waals surface area contributed by atoms with Gasteiger partial charge in [-0.1, -0.05) is 12.1 Å². The summed E-state index contributed by atoms with van der Waals surface area (Å²) >= 11 is 0. The van der Waals surface area contributed by atoms with Crippen molar-refractivity contribution in [3.63, 3.8) is 0 Å². The zero-order chi connectivity index (χ0) is 18.2. The van der Waals surface area contributed by atoms with Crippen LogP contribution in [0.1, 0.15) is 31.7 Å². The van der Waals surface area contributed by atoms with E-state index in [1.807, 2.05) is 19.1 Å². The Labute approximate surface area is 147 Å². The Balaban J connectivity index is 1.73. The molecule has 0 bridgehead atoms. The average Bonchev–Trinajstić information content (AvgIpc) is 2.98. The number of nitrogens with zero attached hydrogens (tertiary/aromatic N) is 1. The Morgan fingerprint density at radius 2 is 2.04 bits per heavy atom. The maximum absolute atomic E-state index is 12.2. The van der Waals surface area contributed by atoms with E-state index < -0.39 is 5.97 Å². The van der Waals surface area contributed by atoms with Crippen LogP contribution in [-0.4, -0.2) is 47.5 Å². The molecule has 7 nitrogen and oxygen atoms in total. The molecule has 25 heavy (non-hydrogen) atoms. The monoisotopic (exact) mass is 348 g/mol. The first-order chi connectivity index (χ1) is 12.0. The minimum atomic E-state index is -0.833. The van der Waals surface area contributed by atoms with Gasteiger partial charge in [0.05, 0.1) is 12.5 Å². The molecule has 0 unspecified atom stereocenters. The molecule has 7 heteroatoms. The van der Waals surface area contributed by atoms with E-state index in [1.165, 1.54) is 0 Å². The van der Waals surface area contributed by atoms with Crippen molar-refractivity contribution in [2.24, 2.45) is 5.92 Å². The van der Waals surface area contributed by atoms with Crippen LogP contribution in [0.25, 0.3) is 0 Å². The molecule has 1 aliphatic rings. The molecule has 0 aromatic heterocycles. The van der Waals surface area contributed by atoms with Crippen LogP contribution in [0.3, 0.4) is 0 Å². The quantitative estimate of drug-likeness (QED) is 0.658. The van der Waals surface area contributed by atoms with Gasteiger partial charge in [-0.3, -0.25) is 14.4 Å². The van der Waals surface area contributed by atoms with Crippen LogP contribution >= 0.6 is 0 Å². The van der Waals surface area contributed by atoms with Gasteiger partial charge in [0, 0.05) is 32.5 Å². The van der Waals surface area contributed by atoms with Gasteiger partial charge in [0.2, 0.25) is 11.8 Å². The van der Waals surface area contributed by atoms with Crippen molar-refractivity contribution in [1.82, 2.24) is 10.2 Å². The van der Waals surface area contributed by atoms with Gasteiger partial charge in [0.25, 0.3) is 0 Å². The molecule has 2 amide bonds. The summed E-state index contributed by atoms with van der Waals surface area (Å²) in [4.78, 5) is 36.0. The minimum Gasteiger partial charge on any atom is -0.494 e. The van der Waals surface area contributed by atoms with Crippen molar-refractivity contribution >= 4 is 17.8 Å². The summed E-state index contributed by atoms with van der Waals surface area (Å²) in [5.41, 5.74) is 0.933. The number of carboxylic acid groups (broad SMARTS) is 1. The summed E-state index contributed by atoms with van der Waals surface area (Å²) in [7, 11) is 0. The Kier molecular flexibility index (Phi) is 6.80. The summed E-state index contributed by atoms with van der Waals surface area (Å²) in [6.07, 6.45) is 0.827. The fourth-order valence-electron chi connectivity index (χ4n) is 2.70. The molecular formula is C18H24N2O5. The molecular weight excluding hydrogens is 324 g/mol. The Morgan fingerprint density at radius 3 is 2.64 bits per heavy atom. The highest BCUT2D eigenvalue weighted by molar-refractivity contribution is 5.89. The molecule has 2 N–H and O–H groups in total. The number of likely N-dealkylation sites (tertiary alicyclic amines) is 1. The third-order valence-electron chi connectivity index (χ3n) is 4.16. The highest BCUT2D eigenvalue weighted by Gasteiger charge is 2.33. The lowest BCUT2D eigenvalue weighted by Gasteiger charge is -2.13. The second-order valence-electron chi connectivity index (χ2n) is 6.04. The molecule has 136 valence electrons. The molecule has 1 heterocycles. The van der Waals surface area contributed by atoms with E-state index in [2.05, 4.69) is 5.32 Å². The van der Waals surface area contributed by atoms with Gasteiger partial charge >= 0.3 is 5.97 Å². The van der Waals surface area contributed by atoms with Crippen molar-refractivity contribution in [2.45, 2.75) is 32.7 Å². The van der Waals surface area contributed by atoms with E-state index in [-0.39, 0.29) is 30.6 Å². The Bertz CT molecular complexity index is 614. The second kappa shape index (κ2) is 9.05. The predicted octanol–water partition coefficient (Wildman–Crippen LogP) is 1.41. The molecule has 2 rings (SSSR count). The van der Waals surface area contributed by atoms with Gasteiger partial charge in [-0.2, -0.15) is 0 Å². The SMILES string of the molecule is CCN1C[C@H](C(=O)NCc2ccc(OCCCC(=O)O)cc2)CC1=O. The Morgan fingerprint density at radius 1 is 1.32 bits per heavy atom. The lowest BCUT2D eigenvalue weighted by atomic mass is 10.1. The molecule has 1 aromatic carbocycles. The predicted molar refractivity (Wildman–Crippen MR) is 91.0 cm³/mol. The molecule has 0 radical (unpaired) electrons. The zero-order valence-electron chi connectivity index (χ0n) is 14.4. The molecule has 1 aromatic rings. The molecule has 0 aliphatic carbocycles. The number of aliphatic carboxylic acids is 1. The van der Waals surface area contributed by atoms with Gasteiger partial charge in [0.1, 0.15) is 5.75 Å². The van der Waals surface area contributed by atoms with Crippen LogP contribution in [0.5, 0.6) is 5.75 Å².